The number of aromatic nitrogens is 1. The molecule has 0 unspecified atom stereocenters. The molecule has 4 aromatic rings. The Hall–Kier alpha value is -4.50. The first-order valence-corrected chi connectivity index (χ1v) is 10.8. The number of hydrogen-bond acceptors (Lipinski definition) is 6. The fraction of sp³-hybridized carbons (Fsp3) is 0.111. The average Bonchev–Trinajstić information content (AvgIpc) is 2.90. The number of hydrogen-bond donors (Lipinski definition) is 2. The van der Waals surface area contributed by atoms with Gasteiger partial charge in [-0.15, -0.1) is 0 Å². The van der Waals surface area contributed by atoms with Gasteiger partial charge in [-0.2, -0.15) is 4.98 Å². The summed E-state index contributed by atoms with van der Waals surface area (Å²) in [5.74, 6) is -4.29. The van der Waals surface area contributed by atoms with Gasteiger partial charge in [-0.05, 0) is 53.9 Å². The minimum absolute atomic E-state index is 0.230. The van der Waals surface area contributed by atoms with E-state index in [0.29, 0.717) is 6.54 Å². The van der Waals surface area contributed by atoms with Crippen molar-refractivity contribution < 1.29 is 32.9 Å². The lowest BCUT2D eigenvalue weighted by molar-refractivity contribution is 0.0694. The number of ether oxygens (including phenoxy) is 3. The van der Waals surface area contributed by atoms with Crippen LogP contribution in [0.15, 0.2) is 66.7 Å². The fourth-order valence-corrected chi connectivity index (χ4v) is 3.47. The van der Waals surface area contributed by atoms with Crippen LogP contribution in [-0.4, -0.2) is 23.2 Å². The summed E-state index contributed by atoms with van der Waals surface area (Å²) in [4.78, 5) is 15.5. The van der Waals surface area contributed by atoms with Crippen LogP contribution < -0.4 is 19.9 Å². The zero-order valence-electron chi connectivity index (χ0n) is 19.4. The third-order valence-corrected chi connectivity index (χ3v) is 5.41. The van der Waals surface area contributed by atoms with Crippen molar-refractivity contribution in [1.82, 2.24) is 4.98 Å². The van der Waals surface area contributed by atoms with Gasteiger partial charge in [0.15, 0.2) is 11.6 Å². The molecular weight excluding hydrogens is 470 g/mol. The van der Waals surface area contributed by atoms with E-state index in [4.69, 9.17) is 19.9 Å². The Labute approximate surface area is 205 Å². The third kappa shape index (κ3) is 5.11. The zero-order chi connectivity index (χ0) is 25.8. The minimum Gasteiger partial charge on any atom is -0.497 e. The van der Waals surface area contributed by atoms with Gasteiger partial charge in [-0.3, -0.25) is 0 Å². The molecule has 3 aromatic carbocycles. The number of benzene rings is 3. The van der Waals surface area contributed by atoms with Crippen LogP contribution in [0, 0.1) is 18.6 Å². The molecule has 1 aromatic heterocycles. The van der Waals surface area contributed by atoms with Crippen LogP contribution in [0.5, 0.6) is 29.0 Å². The van der Waals surface area contributed by atoms with E-state index in [9.17, 15) is 18.7 Å². The number of carboxylic acid groups (broad SMARTS) is 1. The number of pyridine rings is 1. The molecule has 0 aliphatic rings. The Morgan fingerprint density at radius 3 is 2.25 bits per heavy atom. The monoisotopic (exact) mass is 492 g/mol. The van der Waals surface area contributed by atoms with E-state index in [2.05, 4.69) is 4.98 Å². The Balaban J connectivity index is 1.70. The van der Waals surface area contributed by atoms with E-state index < -0.39 is 34.9 Å². The summed E-state index contributed by atoms with van der Waals surface area (Å²) in [5, 5.41) is 9.45. The number of nitrogens with zero attached hydrogens (tertiary/aromatic N) is 1. The fourth-order valence-electron chi connectivity index (χ4n) is 3.47. The average molecular weight is 492 g/mol. The van der Waals surface area contributed by atoms with Crippen LogP contribution >= 0.6 is 0 Å². The highest BCUT2D eigenvalue weighted by Gasteiger charge is 2.23. The lowest BCUT2D eigenvalue weighted by Gasteiger charge is -2.14. The summed E-state index contributed by atoms with van der Waals surface area (Å²) in [6.07, 6.45) is 0. The Morgan fingerprint density at radius 1 is 0.917 bits per heavy atom. The number of carbonyl (C=O) groups is 1. The van der Waals surface area contributed by atoms with Crippen LogP contribution in [0.2, 0.25) is 0 Å². The quantitative estimate of drug-likeness (QED) is 0.307. The number of rotatable bonds is 8. The molecule has 7 nitrogen and oxygen atoms in total. The molecule has 0 aliphatic carbocycles. The molecule has 0 aliphatic heterocycles. The number of methoxy groups -OCH3 is 1. The second kappa shape index (κ2) is 10.4. The Bertz CT molecular complexity index is 1440. The predicted molar refractivity (Wildman–Crippen MR) is 129 cm³/mol. The van der Waals surface area contributed by atoms with Crippen molar-refractivity contribution in [1.29, 1.82) is 0 Å². The largest absolute Gasteiger partial charge is 0.497 e. The molecular formula is C27H22F2N2O5. The topological polar surface area (TPSA) is 104 Å². The lowest BCUT2D eigenvalue weighted by atomic mass is 10.0. The van der Waals surface area contributed by atoms with E-state index in [-0.39, 0.29) is 22.8 Å². The van der Waals surface area contributed by atoms with Crippen LogP contribution in [0.4, 0.5) is 8.78 Å². The van der Waals surface area contributed by atoms with Crippen molar-refractivity contribution in [2.45, 2.75) is 13.5 Å². The first-order chi connectivity index (χ1) is 17.3. The summed E-state index contributed by atoms with van der Waals surface area (Å²) in [6, 6.07) is 18.4. The van der Waals surface area contributed by atoms with Crippen molar-refractivity contribution in [3.63, 3.8) is 0 Å². The lowest BCUT2D eigenvalue weighted by Crippen LogP contribution is -2.05. The first kappa shape index (κ1) is 24.6. The van der Waals surface area contributed by atoms with E-state index in [1.807, 2.05) is 30.3 Å². The van der Waals surface area contributed by atoms with Crippen molar-refractivity contribution in [3.8, 4) is 40.1 Å². The SMILES string of the molecule is COc1ccc(C(=O)O)c(Oc2nc(Oc3cccc(-c4cccc(CN)c4)c3)c(F)c(C)c2F)c1. The Morgan fingerprint density at radius 2 is 1.58 bits per heavy atom. The molecule has 9 heteroatoms. The van der Waals surface area contributed by atoms with Gasteiger partial charge in [0.1, 0.15) is 22.8 Å². The molecule has 0 saturated carbocycles. The standard InChI is InChI=1S/C27H22F2N2O5/c1-15-23(28)25(35-20-8-4-7-18(12-20)17-6-3-5-16(11-17)14-30)31-26(24(15)29)36-22-13-19(34-2)9-10-21(22)27(32)33/h3-13H,14,30H2,1-2H3,(H,32,33). The highest BCUT2D eigenvalue weighted by molar-refractivity contribution is 5.91. The van der Waals surface area contributed by atoms with Crippen LogP contribution in [0.25, 0.3) is 11.1 Å². The summed E-state index contributed by atoms with van der Waals surface area (Å²) in [7, 11) is 1.38. The molecule has 0 saturated heterocycles. The normalized spacial score (nSPS) is 10.7. The molecule has 36 heavy (non-hydrogen) atoms. The molecule has 0 bridgehead atoms. The van der Waals surface area contributed by atoms with Gasteiger partial charge in [0, 0.05) is 18.2 Å². The maximum atomic E-state index is 14.9. The van der Waals surface area contributed by atoms with Crippen molar-refractivity contribution in [3.05, 3.63) is 95.1 Å². The first-order valence-electron chi connectivity index (χ1n) is 10.8. The van der Waals surface area contributed by atoms with Crippen LogP contribution in [0.1, 0.15) is 21.5 Å². The van der Waals surface area contributed by atoms with Gasteiger partial charge < -0.3 is 25.1 Å². The van der Waals surface area contributed by atoms with Crippen molar-refractivity contribution >= 4 is 5.97 Å². The summed E-state index contributed by atoms with van der Waals surface area (Å²) >= 11 is 0. The molecule has 184 valence electrons. The van der Waals surface area contributed by atoms with Gasteiger partial charge in [-0.25, -0.2) is 13.6 Å². The highest BCUT2D eigenvalue weighted by Crippen LogP contribution is 2.36. The molecule has 3 N–H and O–H groups in total. The molecule has 0 atom stereocenters. The molecule has 0 radical (unpaired) electrons. The van der Waals surface area contributed by atoms with Gasteiger partial charge in [0.25, 0.3) is 11.8 Å². The van der Waals surface area contributed by atoms with Crippen LogP contribution in [-0.2, 0) is 6.54 Å². The van der Waals surface area contributed by atoms with Gasteiger partial charge in [-0.1, -0.05) is 30.3 Å². The molecule has 1 heterocycles. The Kier molecular flexibility index (Phi) is 7.12. The molecule has 4 rings (SSSR count). The number of nitrogens with two attached hydrogens (primary N) is 1. The highest BCUT2D eigenvalue weighted by atomic mass is 19.1. The summed E-state index contributed by atoms with van der Waals surface area (Å²) < 4.78 is 46.0. The minimum atomic E-state index is -1.31. The molecule has 0 spiro atoms. The van der Waals surface area contributed by atoms with Crippen LogP contribution in [0.3, 0.4) is 0 Å². The summed E-state index contributed by atoms with van der Waals surface area (Å²) in [6.45, 7) is 1.58. The maximum absolute atomic E-state index is 14.9. The van der Waals surface area contributed by atoms with Gasteiger partial charge in [0.2, 0.25) is 0 Å². The number of carboxylic acids is 1. The number of halogens is 2. The summed E-state index contributed by atoms with van der Waals surface area (Å²) in [5.41, 5.74) is 7.69. The van der Waals surface area contributed by atoms with Gasteiger partial charge >= 0.3 is 5.97 Å². The van der Waals surface area contributed by atoms with Gasteiger partial charge in [0.05, 0.1) is 7.11 Å². The maximum Gasteiger partial charge on any atom is 0.339 e. The molecule has 0 fully saturated rings. The predicted octanol–water partition coefficient (Wildman–Crippen LogP) is 6.09. The second-order valence-electron chi connectivity index (χ2n) is 7.78. The molecule has 0 amide bonds. The van der Waals surface area contributed by atoms with E-state index in [0.717, 1.165) is 16.7 Å². The van der Waals surface area contributed by atoms with Crippen molar-refractivity contribution in [2.75, 3.05) is 7.11 Å². The van der Waals surface area contributed by atoms with E-state index in [1.54, 1.807) is 18.2 Å². The number of aromatic carboxylic acids is 1. The second-order valence-corrected chi connectivity index (χ2v) is 7.78. The van der Waals surface area contributed by atoms with E-state index in [1.165, 1.54) is 32.2 Å². The smallest absolute Gasteiger partial charge is 0.339 e. The van der Waals surface area contributed by atoms with E-state index >= 15 is 0 Å². The third-order valence-electron chi connectivity index (χ3n) is 5.41. The zero-order valence-corrected chi connectivity index (χ0v) is 19.4. The van der Waals surface area contributed by atoms with Crippen molar-refractivity contribution in [2.24, 2.45) is 5.73 Å².